The second kappa shape index (κ2) is 13.5. The molecule has 1 fully saturated rings. The van der Waals surface area contributed by atoms with Gasteiger partial charge in [-0.05, 0) is 32.1 Å². The molecule has 0 bridgehead atoms. The SMILES string of the molecule is CC(=O)OCC1CN(C(=O)CCNC(=O)OC2CC/C=C/CCC2)CCN1CC(=O)C(C)(C)C. The van der Waals surface area contributed by atoms with Gasteiger partial charge < -0.3 is 19.7 Å². The number of piperazine rings is 1. The average molecular weight is 480 g/mol. The number of esters is 1. The van der Waals surface area contributed by atoms with Gasteiger partial charge >= 0.3 is 12.1 Å². The van der Waals surface area contributed by atoms with Crippen LogP contribution < -0.4 is 5.32 Å². The number of hydrogen-bond acceptors (Lipinski definition) is 7. The third-order valence-corrected chi connectivity index (χ3v) is 6.22. The van der Waals surface area contributed by atoms with Crippen LogP contribution in [0.5, 0.6) is 0 Å². The quantitative estimate of drug-likeness (QED) is 0.421. The molecule has 1 saturated heterocycles. The van der Waals surface area contributed by atoms with Crippen LogP contribution in [-0.4, -0.2) is 85.0 Å². The standard InChI is InChI=1S/C25H41N3O6/c1-19(29)33-18-20-16-28(15-14-27(20)17-22(30)25(2,3)4)23(31)12-13-26-24(32)34-21-10-8-6-5-7-9-11-21/h5-6,20-21H,7-18H2,1-4H3,(H,26,32)/b6-5+. The van der Waals surface area contributed by atoms with E-state index < -0.39 is 17.5 Å². The normalized spacial score (nSPS) is 22.8. The number of carbonyl (C=O) groups is 4. The smallest absolute Gasteiger partial charge is 0.407 e. The highest BCUT2D eigenvalue weighted by Crippen LogP contribution is 2.19. The Hall–Kier alpha value is -2.42. The summed E-state index contributed by atoms with van der Waals surface area (Å²) >= 11 is 0. The molecule has 2 atom stereocenters. The largest absolute Gasteiger partial charge is 0.464 e. The van der Waals surface area contributed by atoms with Crippen molar-refractivity contribution in [2.24, 2.45) is 5.41 Å². The molecule has 9 nitrogen and oxygen atoms in total. The molecule has 34 heavy (non-hydrogen) atoms. The van der Waals surface area contributed by atoms with Crippen LogP contribution in [0.15, 0.2) is 12.2 Å². The lowest BCUT2D eigenvalue weighted by atomic mass is 9.90. The second-order valence-corrected chi connectivity index (χ2v) is 10.1. The van der Waals surface area contributed by atoms with E-state index in [-0.39, 0.29) is 50.0 Å². The molecule has 192 valence electrons. The fraction of sp³-hybridized carbons (Fsp3) is 0.760. The molecule has 2 amide bonds. The summed E-state index contributed by atoms with van der Waals surface area (Å²) < 4.78 is 10.7. The maximum absolute atomic E-state index is 12.8. The van der Waals surface area contributed by atoms with Crippen LogP contribution in [0.4, 0.5) is 4.79 Å². The zero-order chi connectivity index (χ0) is 25.1. The Balaban J connectivity index is 1.81. The topological polar surface area (TPSA) is 105 Å². The lowest BCUT2D eigenvalue weighted by Crippen LogP contribution is -2.58. The van der Waals surface area contributed by atoms with Crippen LogP contribution in [-0.2, 0) is 23.9 Å². The number of ketones is 1. The first-order valence-electron chi connectivity index (χ1n) is 12.3. The molecule has 1 heterocycles. The van der Waals surface area contributed by atoms with Crippen molar-refractivity contribution < 1.29 is 28.7 Å². The summed E-state index contributed by atoms with van der Waals surface area (Å²) in [6.45, 7) is 8.91. The van der Waals surface area contributed by atoms with Crippen molar-refractivity contribution in [1.82, 2.24) is 15.1 Å². The van der Waals surface area contributed by atoms with Gasteiger partial charge in [-0.3, -0.25) is 19.3 Å². The first kappa shape index (κ1) is 27.8. The van der Waals surface area contributed by atoms with E-state index in [4.69, 9.17) is 9.47 Å². The summed E-state index contributed by atoms with van der Waals surface area (Å²) in [5, 5.41) is 2.69. The molecule has 1 aliphatic heterocycles. The maximum Gasteiger partial charge on any atom is 0.407 e. The predicted octanol–water partition coefficient (Wildman–Crippen LogP) is 2.68. The van der Waals surface area contributed by atoms with E-state index in [1.54, 1.807) is 4.90 Å². The second-order valence-electron chi connectivity index (χ2n) is 10.1. The van der Waals surface area contributed by atoms with Gasteiger partial charge in [0, 0.05) is 44.9 Å². The Morgan fingerprint density at radius 2 is 1.79 bits per heavy atom. The number of Topliss-reactive ketones (excluding diaryl/α,β-unsaturated/α-hetero) is 1. The summed E-state index contributed by atoms with van der Waals surface area (Å²) in [6.07, 6.45) is 8.44. The highest BCUT2D eigenvalue weighted by Gasteiger charge is 2.33. The number of alkyl carbamates (subject to hydrolysis) is 1. The van der Waals surface area contributed by atoms with Crippen LogP contribution in [0, 0.1) is 5.41 Å². The van der Waals surface area contributed by atoms with E-state index >= 15 is 0 Å². The Morgan fingerprint density at radius 3 is 2.50 bits per heavy atom. The fourth-order valence-corrected chi connectivity index (χ4v) is 3.99. The Bertz CT molecular complexity index is 745. The number of nitrogens with one attached hydrogen (secondary N) is 1. The molecular formula is C25H41N3O6. The minimum absolute atomic E-state index is 0.0911. The molecule has 0 saturated carbocycles. The third-order valence-electron chi connectivity index (χ3n) is 6.22. The van der Waals surface area contributed by atoms with Gasteiger partial charge in [-0.1, -0.05) is 32.9 Å². The van der Waals surface area contributed by atoms with Crippen molar-refractivity contribution in [2.45, 2.75) is 78.4 Å². The third kappa shape index (κ3) is 9.83. The first-order chi connectivity index (χ1) is 16.1. The summed E-state index contributed by atoms with van der Waals surface area (Å²) in [6, 6.07) is -0.251. The van der Waals surface area contributed by atoms with Crippen LogP contribution in [0.2, 0.25) is 0 Å². The molecule has 2 unspecified atom stereocenters. The van der Waals surface area contributed by atoms with Crippen LogP contribution in [0.25, 0.3) is 0 Å². The van der Waals surface area contributed by atoms with Gasteiger partial charge in [0.25, 0.3) is 0 Å². The van der Waals surface area contributed by atoms with Crippen LogP contribution >= 0.6 is 0 Å². The number of carbonyl (C=O) groups excluding carboxylic acids is 4. The zero-order valence-electron chi connectivity index (χ0n) is 21.1. The molecule has 2 rings (SSSR count). The molecule has 0 aromatic carbocycles. The molecule has 9 heteroatoms. The van der Waals surface area contributed by atoms with Crippen molar-refractivity contribution in [3.63, 3.8) is 0 Å². The van der Waals surface area contributed by atoms with E-state index in [1.807, 2.05) is 25.7 Å². The van der Waals surface area contributed by atoms with Crippen molar-refractivity contribution >= 4 is 23.8 Å². The van der Waals surface area contributed by atoms with Gasteiger partial charge in [-0.25, -0.2) is 4.79 Å². The lowest BCUT2D eigenvalue weighted by Gasteiger charge is -2.41. The average Bonchev–Trinajstić information content (AvgIpc) is 2.73. The predicted molar refractivity (Wildman–Crippen MR) is 128 cm³/mol. The Morgan fingerprint density at radius 1 is 1.06 bits per heavy atom. The van der Waals surface area contributed by atoms with Gasteiger partial charge in [-0.15, -0.1) is 0 Å². The van der Waals surface area contributed by atoms with Crippen molar-refractivity contribution in [2.75, 3.05) is 39.3 Å². The van der Waals surface area contributed by atoms with Crippen LogP contribution in [0.1, 0.15) is 66.2 Å². The molecule has 0 radical (unpaired) electrons. The number of ether oxygens (including phenoxy) is 2. The molecule has 1 N–H and O–H groups in total. The summed E-state index contributed by atoms with van der Waals surface area (Å²) in [5.41, 5.74) is -0.466. The maximum atomic E-state index is 12.8. The Kier molecular flexibility index (Phi) is 11.0. The van der Waals surface area contributed by atoms with Gasteiger partial charge in [-0.2, -0.15) is 0 Å². The van der Waals surface area contributed by atoms with Crippen LogP contribution in [0.3, 0.4) is 0 Å². The zero-order valence-corrected chi connectivity index (χ0v) is 21.1. The first-order valence-corrected chi connectivity index (χ1v) is 12.3. The van der Waals surface area contributed by atoms with E-state index in [2.05, 4.69) is 17.5 Å². The van der Waals surface area contributed by atoms with Crippen molar-refractivity contribution in [1.29, 1.82) is 0 Å². The molecule has 1 aliphatic carbocycles. The molecule has 0 aromatic heterocycles. The van der Waals surface area contributed by atoms with E-state index in [0.717, 1.165) is 32.1 Å². The number of rotatable bonds is 8. The van der Waals surface area contributed by atoms with E-state index in [0.29, 0.717) is 19.6 Å². The molecule has 0 aromatic rings. The number of nitrogens with zero attached hydrogens (tertiary/aromatic N) is 2. The number of allylic oxidation sites excluding steroid dienone is 2. The van der Waals surface area contributed by atoms with Crippen molar-refractivity contribution in [3.8, 4) is 0 Å². The monoisotopic (exact) mass is 479 g/mol. The summed E-state index contributed by atoms with van der Waals surface area (Å²) in [7, 11) is 0. The van der Waals surface area contributed by atoms with Gasteiger partial charge in [0.05, 0.1) is 12.6 Å². The van der Waals surface area contributed by atoms with Gasteiger partial charge in [0.2, 0.25) is 5.91 Å². The van der Waals surface area contributed by atoms with E-state index in [9.17, 15) is 19.2 Å². The van der Waals surface area contributed by atoms with Gasteiger partial charge in [0.1, 0.15) is 12.7 Å². The van der Waals surface area contributed by atoms with Gasteiger partial charge in [0.15, 0.2) is 5.78 Å². The fourth-order valence-electron chi connectivity index (χ4n) is 3.99. The molecule has 2 aliphatic rings. The minimum atomic E-state index is -0.486. The lowest BCUT2D eigenvalue weighted by molar-refractivity contribution is -0.145. The highest BCUT2D eigenvalue weighted by atomic mass is 16.6. The van der Waals surface area contributed by atoms with Crippen molar-refractivity contribution in [3.05, 3.63) is 12.2 Å². The highest BCUT2D eigenvalue weighted by molar-refractivity contribution is 5.85. The summed E-state index contributed by atoms with van der Waals surface area (Å²) in [5.74, 6) is -0.386. The number of amides is 2. The minimum Gasteiger partial charge on any atom is -0.464 e. The number of hydrogen-bond donors (Lipinski definition) is 1. The van der Waals surface area contributed by atoms with E-state index in [1.165, 1.54) is 6.92 Å². The molecule has 0 spiro atoms. The summed E-state index contributed by atoms with van der Waals surface area (Å²) in [4.78, 5) is 52.4. The molecular weight excluding hydrogens is 438 g/mol. The Labute approximate surface area is 203 Å².